The van der Waals surface area contributed by atoms with Crippen molar-refractivity contribution < 1.29 is 9.90 Å². The van der Waals surface area contributed by atoms with Crippen LogP contribution >= 0.6 is 0 Å². The Morgan fingerprint density at radius 2 is 2.29 bits per heavy atom. The van der Waals surface area contributed by atoms with Gasteiger partial charge < -0.3 is 5.11 Å². The van der Waals surface area contributed by atoms with Crippen LogP contribution in [0.3, 0.4) is 0 Å². The van der Waals surface area contributed by atoms with Crippen molar-refractivity contribution in [2.75, 3.05) is 13.1 Å². The van der Waals surface area contributed by atoms with Gasteiger partial charge in [-0.1, -0.05) is 6.92 Å². The molecule has 0 bridgehead atoms. The Hall–Kier alpha value is -1.36. The standard InChI is InChI=1S/C12H19N3O2/c1-8-4-15(7-11(8)12(16)17)6-10-5-14(3)13-9(10)2/h5,8,11H,4,6-7H2,1-3H3,(H,16,17). The molecule has 1 saturated heterocycles. The Morgan fingerprint density at radius 3 is 2.76 bits per heavy atom. The quantitative estimate of drug-likeness (QED) is 0.848. The van der Waals surface area contributed by atoms with Gasteiger partial charge in [0.1, 0.15) is 0 Å². The molecule has 5 heteroatoms. The molecule has 2 unspecified atom stereocenters. The molecule has 2 atom stereocenters. The van der Waals surface area contributed by atoms with Crippen LogP contribution in [0.15, 0.2) is 6.20 Å². The van der Waals surface area contributed by atoms with Crippen LogP contribution in [-0.4, -0.2) is 38.8 Å². The van der Waals surface area contributed by atoms with Crippen LogP contribution in [-0.2, 0) is 18.4 Å². The molecule has 0 aromatic carbocycles. The molecule has 1 fully saturated rings. The number of carboxylic acids is 1. The van der Waals surface area contributed by atoms with E-state index in [9.17, 15) is 4.79 Å². The van der Waals surface area contributed by atoms with E-state index in [1.165, 1.54) is 5.56 Å². The van der Waals surface area contributed by atoms with Crippen molar-refractivity contribution in [3.63, 3.8) is 0 Å². The van der Waals surface area contributed by atoms with Crippen LogP contribution in [0.2, 0.25) is 0 Å². The van der Waals surface area contributed by atoms with E-state index in [2.05, 4.69) is 10.00 Å². The summed E-state index contributed by atoms with van der Waals surface area (Å²) in [6.45, 7) is 6.29. The minimum atomic E-state index is -0.678. The van der Waals surface area contributed by atoms with Crippen LogP contribution < -0.4 is 0 Å². The third kappa shape index (κ3) is 2.49. The summed E-state index contributed by atoms with van der Waals surface area (Å²) >= 11 is 0. The molecular formula is C12H19N3O2. The molecule has 0 radical (unpaired) electrons. The topological polar surface area (TPSA) is 58.4 Å². The lowest BCUT2D eigenvalue weighted by Crippen LogP contribution is -2.23. The van der Waals surface area contributed by atoms with Gasteiger partial charge in [0.2, 0.25) is 0 Å². The first kappa shape index (κ1) is 12.1. The van der Waals surface area contributed by atoms with Crippen LogP contribution in [0.4, 0.5) is 0 Å². The van der Waals surface area contributed by atoms with E-state index in [0.717, 1.165) is 18.8 Å². The fourth-order valence-corrected chi connectivity index (χ4v) is 2.56. The molecule has 5 nitrogen and oxygen atoms in total. The van der Waals surface area contributed by atoms with Gasteiger partial charge in [0.15, 0.2) is 0 Å². The summed E-state index contributed by atoms with van der Waals surface area (Å²) < 4.78 is 1.80. The van der Waals surface area contributed by atoms with Crippen LogP contribution in [0.25, 0.3) is 0 Å². The van der Waals surface area contributed by atoms with Gasteiger partial charge in [0.25, 0.3) is 0 Å². The highest BCUT2D eigenvalue weighted by molar-refractivity contribution is 5.71. The minimum Gasteiger partial charge on any atom is -0.481 e. The molecule has 1 aliphatic heterocycles. The fourth-order valence-electron chi connectivity index (χ4n) is 2.56. The molecule has 0 aliphatic carbocycles. The molecule has 1 aromatic heterocycles. The summed E-state index contributed by atoms with van der Waals surface area (Å²) in [5, 5.41) is 13.4. The first-order valence-electron chi connectivity index (χ1n) is 5.91. The Bertz CT molecular complexity index is 427. The molecule has 0 spiro atoms. The highest BCUT2D eigenvalue weighted by atomic mass is 16.4. The SMILES string of the molecule is Cc1nn(C)cc1CN1CC(C)C(C(=O)O)C1. The van der Waals surface area contributed by atoms with E-state index in [1.807, 2.05) is 27.1 Å². The second-order valence-corrected chi connectivity index (χ2v) is 5.03. The van der Waals surface area contributed by atoms with Crippen molar-refractivity contribution >= 4 is 5.97 Å². The summed E-state index contributed by atoms with van der Waals surface area (Å²) in [7, 11) is 1.91. The number of aryl methyl sites for hydroxylation is 2. The maximum absolute atomic E-state index is 11.0. The van der Waals surface area contributed by atoms with Gasteiger partial charge in [0, 0.05) is 38.4 Å². The highest BCUT2D eigenvalue weighted by Gasteiger charge is 2.34. The molecule has 17 heavy (non-hydrogen) atoms. The Labute approximate surface area is 101 Å². The molecule has 0 saturated carbocycles. The summed E-state index contributed by atoms with van der Waals surface area (Å²) in [6.07, 6.45) is 2.01. The van der Waals surface area contributed by atoms with Gasteiger partial charge in [-0.3, -0.25) is 14.4 Å². The smallest absolute Gasteiger partial charge is 0.308 e. The number of carbonyl (C=O) groups is 1. The lowest BCUT2D eigenvalue weighted by Gasteiger charge is -2.14. The number of likely N-dealkylation sites (tertiary alicyclic amines) is 1. The lowest BCUT2D eigenvalue weighted by atomic mass is 9.99. The first-order chi connectivity index (χ1) is 7.97. The van der Waals surface area contributed by atoms with Gasteiger partial charge in [-0.15, -0.1) is 0 Å². The minimum absolute atomic E-state index is 0.226. The second kappa shape index (κ2) is 4.49. The van der Waals surface area contributed by atoms with E-state index in [-0.39, 0.29) is 11.8 Å². The summed E-state index contributed by atoms with van der Waals surface area (Å²) in [5.41, 5.74) is 2.21. The Morgan fingerprint density at radius 1 is 1.59 bits per heavy atom. The number of aliphatic carboxylic acids is 1. The Kier molecular flexibility index (Phi) is 3.19. The van der Waals surface area contributed by atoms with E-state index in [1.54, 1.807) is 4.68 Å². The number of nitrogens with zero attached hydrogens (tertiary/aromatic N) is 3. The van der Waals surface area contributed by atoms with Gasteiger partial charge in [0.05, 0.1) is 11.6 Å². The van der Waals surface area contributed by atoms with E-state index >= 15 is 0 Å². The van der Waals surface area contributed by atoms with Crippen LogP contribution in [0.1, 0.15) is 18.2 Å². The van der Waals surface area contributed by atoms with Gasteiger partial charge in [-0.05, 0) is 12.8 Å². The molecule has 0 amide bonds. The average Bonchev–Trinajstić information content (AvgIpc) is 2.71. The first-order valence-corrected chi connectivity index (χ1v) is 5.91. The number of hydrogen-bond donors (Lipinski definition) is 1. The van der Waals surface area contributed by atoms with E-state index < -0.39 is 5.97 Å². The number of hydrogen-bond acceptors (Lipinski definition) is 3. The lowest BCUT2D eigenvalue weighted by molar-refractivity contribution is -0.142. The predicted molar refractivity (Wildman–Crippen MR) is 63.5 cm³/mol. The average molecular weight is 237 g/mol. The molecule has 1 N–H and O–H groups in total. The molecular weight excluding hydrogens is 218 g/mol. The molecule has 2 rings (SSSR count). The number of carboxylic acid groups (broad SMARTS) is 1. The van der Waals surface area contributed by atoms with Crippen molar-refractivity contribution in [1.82, 2.24) is 14.7 Å². The summed E-state index contributed by atoms with van der Waals surface area (Å²) in [5.74, 6) is -0.681. The third-order valence-corrected chi connectivity index (χ3v) is 3.51. The largest absolute Gasteiger partial charge is 0.481 e. The normalized spacial score (nSPS) is 25.4. The maximum atomic E-state index is 11.0. The zero-order valence-electron chi connectivity index (χ0n) is 10.6. The predicted octanol–water partition coefficient (Wildman–Crippen LogP) is 0.881. The highest BCUT2D eigenvalue weighted by Crippen LogP contribution is 2.25. The third-order valence-electron chi connectivity index (χ3n) is 3.51. The number of rotatable bonds is 3. The van der Waals surface area contributed by atoms with E-state index in [4.69, 9.17) is 5.11 Å². The van der Waals surface area contributed by atoms with Gasteiger partial charge in [-0.2, -0.15) is 5.10 Å². The van der Waals surface area contributed by atoms with Crippen molar-refractivity contribution in [3.8, 4) is 0 Å². The Balaban J connectivity index is 2.02. The van der Waals surface area contributed by atoms with Gasteiger partial charge >= 0.3 is 5.97 Å². The fraction of sp³-hybridized carbons (Fsp3) is 0.667. The molecule has 1 aliphatic rings. The van der Waals surface area contributed by atoms with Crippen LogP contribution in [0, 0.1) is 18.8 Å². The van der Waals surface area contributed by atoms with Crippen molar-refractivity contribution in [2.24, 2.45) is 18.9 Å². The van der Waals surface area contributed by atoms with E-state index in [0.29, 0.717) is 6.54 Å². The van der Waals surface area contributed by atoms with Crippen molar-refractivity contribution in [2.45, 2.75) is 20.4 Å². The summed E-state index contributed by atoms with van der Waals surface area (Å²) in [4.78, 5) is 13.2. The molecule has 2 heterocycles. The number of aromatic nitrogens is 2. The maximum Gasteiger partial charge on any atom is 0.308 e. The summed E-state index contributed by atoms with van der Waals surface area (Å²) in [6, 6.07) is 0. The van der Waals surface area contributed by atoms with Crippen molar-refractivity contribution in [1.29, 1.82) is 0 Å². The van der Waals surface area contributed by atoms with Gasteiger partial charge in [-0.25, -0.2) is 0 Å². The van der Waals surface area contributed by atoms with Crippen LogP contribution in [0.5, 0.6) is 0 Å². The zero-order chi connectivity index (χ0) is 12.6. The monoisotopic (exact) mass is 237 g/mol. The second-order valence-electron chi connectivity index (χ2n) is 5.03. The zero-order valence-corrected chi connectivity index (χ0v) is 10.6. The van der Waals surface area contributed by atoms with Crippen molar-refractivity contribution in [3.05, 3.63) is 17.5 Å². The molecule has 1 aromatic rings. The molecule has 94 valence electrons.